The van der Waals surface area contributed by atoms with Crippen molar-refractivity contribution in [2.45, 2.75) is 73.3 Å². The van der Waals surface area contributed by atoms with E-state index in [1.54, 1.807) is 6.92 Å². The van der Waals surface area contributed by atoms with E-state index in [0.29, 0.717) is 56.5 Å². The molecule has 0 aromatic carbocycles. The third-order valence-corrected chi connectivity index (χ3v) is 10.1. The Kier molecular flexibility index (Phi) is 10.2. The van der Waals surface area contributed by atoms with Gasteiger partial charge in [-0.3, -0.25) is 14.4 Å². The smallest absolute Gasteiger partial charge is 0.681 e. The quantitative estimate of drug-likeness (QED) is 0.227. The van der Waals surface area contributed by atoms with Crippen LogP contribution in [0.1, 0.15) is 90.2 Å². The third kappa shape index (κ3) is 5.64. The second-order valence-electron chi connectivity index (χ2n) is 12.4. The number of aromatic nitrogens is 3. The number of nitrogens with zero attached hydrogens (tertiary/aromatic N) is 4. The molecular formula is C37H40MgN4O6-2. The number of rotatable bonds is 7. The van der Waals surface area contributed by atoms with Gasteiger partial charge in [0.1, 0.15) is 5.92 Å². The fraction of sp³-hybridized carbons (Fsp3) is 0.432. The van der Waals surface area contributed by atoms with E-state index in [1.165, 1.54) is 7.11 Å². The Labute approximate surface area is 295 Å². The summed E-state index contributed by atoms with van der Waals surface area (Å²) in [7, 11) is 1.27. The second-order valence-corrected chi connectivity index (χ2v) is 12.4. The van der Waals surface area contributed by atoms with Crippen LogP contribution in [0.15, 0.2) is 5.70 Å². The largest absolute Gasteiger partial charge is 2.00 e. The third-order valence-electron chi connectivity index (χ3n) is 10.1. The summed E-state index contributed by atoms with van der Waals surface area (Å²) in [6, 6.07) is -0.604. The van der Waals surface area contributed by atoms with Gasteiger partial charge in [0.2, 0.25) is 0 Å². The molecule has 3 aromatic heterocycles. The summed E-state index contributed by atoms with van der Waals surface area (Å²) in [5.41, 5.74) is 7.40. The molecule has 0 radical (unpaired) electrons. The maximum Gasteiger partial charge on any atom is 2.00 e. The van der Waals surface area contributed by atoms with E-state index >= 15 is 0 Å². The first kappa shape index (κ1) is 35.3. The maximum atomic E-state index is 14.1. The number of hydrogen-bond acceptors (Lipinski definition) is 6. The van der Waals surface area contributed by atoms with Gasteiger partial charge in [-0.1, -0.05) is 72.9 Å². The Hall–Kier alpha value is -3.96. The van der Waals surface area contributed by atoms with E-state index < -0.39 is 17.9 Å². The van der Waals surface area contributed by atoms with Gasteiger partial charge in [-0.15, -0.1) is 33.1 Å². The van der Waals surface area contributed by atoms with Crippen LogP contribution >= 0.6 is 0 Å². The topological polar surface area (TPSA) is 146 Å². The zero-order valence-corrected chi connectivity index (χ0v) is 30.1. The van der Waals surface area contributed by atoms with Crippen LogP contribution in [0.25, 0.3) is 35.4 Å². The van der Waals surface area contributed by atoms with Crippen molar-refractivity contribution in [1.82, 2.24) is 15.0 Å². The van der Waals surface area contributed by atoms with Gasteiger partial charge in [0.15, 0.2) is 5.78 Å². The molecule has 1 saturated heterocycles. The molecule has 5 heterocycles. The predicted molar refractivity (Wildman–Crippen MR) is 183 cm³/mol. The SMILES string of the molecule is CCOC(=O)CC[C@@H]1C2[N-]/C(=C\c3[n-]c(c(CC)c3C)/C=c3\[n-]c(c(CC)\c3=C\O)/C=c3\[n-]c4c(c3C)C(=O)[C@H](C(=O)OC)C=42)[C@H]1C.[Mg+2]. The number of Topliss-reactive ketones (excluding diaryl/α,β-unsaturated/α-hetero) is 1. The fourth-order valence-corrected chi connectivity index (χ4v) is 7.59. The molecule has 2 aliphatic heterocycles. The van der Waals surface area contributed by atoms with Crippen molar-refractivity contribution in [2.75, 3.05) is 13.7 Å². The van der Waals surface area contributed by atoms with Gasteiger partial charge in [-0.05, 0) is 57.1 Å². The molecule has 3 aliphatic rings. The minimum atomic E-state index is -1.19. The van der Waals surface area contributed by atoms with Crippen molar-refractivity contribution >= 4 is 70.8 Å². The van der Waals surface area contributed by atoms with Crippen LogP contribution < -0.4 is 36.2 Å². The van der Waals surface area contributed by atoms with Crippen LogP contribution in [0.3, 0.4) is 0 Å². The van der Waals surface area contributed by atoms with Gasteiger partial charge < -0.3 is 34.8 Å². The second kappa shape index (κ2) is 13.9. The number of hydrogen-bond donors (Lipinski definition) is 1. The molecule has 1 aliphatic carbocycles. The first-order valence-electron chi connectivity index (χ1n) is 16.3. The molecule has 48 heavy (non-hydrogen) atoms. The van der Waals surface area contributed by atoms with E-state index in [9.17, 15) is 19.5 Å². The van der Waals surface area contributed by atoms with Crippen LogP contribution in [0.5, 0.6) is 0 Å². The molecule has 3 aromatic rings. The summed E-state index contributed by atoms with van der Waals surface area (Å²) in [6.07, 6.45) is 8.79. The molecule has 10 nitrogen and oxygen atoms in total. The zero-order valence-electron chi connectivity index (χ0n) is 28.6. The average molecular weight is 661 g/mol. The molecule has 0 amide bonds. The number of carbonyl (C=O) groups excluding carboxylic acids is 3. The van der Waals surface area contributed by atoms with Gasteiger partial charge in [-0.25, -0.2) is 0 Å². The minimum Gasteiger partial charge on any atom is -0.681 e. The maximum absolute atomic E-state index is 14.1. The summed E-state index contributed by atoms with van der Waals surface area (Å²) in [5.74, 6) is -2.87. The number of ketones is 1. The Morgan fingerprint density at radius 1 is 0.938 bits per heavy atom. The Bertz CT molecular complexity index is 2080. The minimum absolute atomic E-state index is 0. The summed E-state index contributed by atoms with van der Waals surface area (Å²) >= 11 is 0. The number of carbonyl (C=O) groups is 3. The number of aliphatic hydroxyl groups is 1. The van der Waals surface area contributed by atoms with E-state index in [0.717, 1.165) is 46.5 Å². The van der Waals surface area contributed by atoms with Crippen molar-refractivity contribution in [2.24, 2.45) is 17.8 Å². The van der Waals surface area contributed by atoms with Crippen molar-refractivity contribution in [3.05, 3.63) is 77.2 Å². The molecule has 6 rings (SSSR count). The number of esters is 2. The Morgan fingerprint density at radius 2 is 1.62 bits per heavy atom. The van der Waals surface area contributed by atoms with Gasteiger partial charge in [0, 0.05) is 12.0 Å². The molecule has 0 spiro atoms. The van der Waals surface area contributed by atoms with E-state index in [-0.39, 0.29) is 59.7 Å². The summed E-state index contributed by atoms with van der Waals surface area (Å²) in [5, 5.41) is 17.8. The zero-order chi connectivity index (χ0) is 33.7. The van der Waals surface area contributed by atoms with Crippen molar-refractivity contribution in [3.63, 3.8) is 0 Å². The summed E-state index contributed by atoms with van der Waals surface area (Å²) < 4.78 is 10.4. The fourth-order valence-electron chi connectivity index (χ4n) is 7.59. The van der Waals surface area contributed by atoms with Crippen LogP contribution in [0.2, 0.25) is 0 Å². The van der Waals surface area contributed by atoms with Gasteiger partial charge in [0.05, 0.1) is 20.0 Å². The molecule has 0 saturated carbocycles. The van der Waals surface area contributed by atoms with Crippen molar-refractivity contribution < 1.29 is 29.0 Å². The Morgan fingerprint density at radius 3 is 2.27 bits per heavy atom. The first-order chi connectivity index (χ1) is 22.6. The van der Waals surface area contributed by atoms with Gasteiger partial charge in [-0.2, -0.15) is 5.70 Å². The molecule has 1 N–H and O–H groups in total. The number of allylic oxidation sites excluding steroid dienone is 1. The van der Waals surface area contributed by atoms with Crippen molar-refractivity contribution in [3.8, 4) is 0 Å². The number of fused-ring (bicyclic) bond motifs is 8. The molecule has 248 valence electrons. The van der Waals surface area contributed by atoms with Crippen LogP contribution in [-0.4, -0.2) is 65.6 Å². The molecular weight excluding hydrogens is 621 g/mol. The summed E-state index contributed by atoms with van der Waals surface area (Å²) in [6.45, 7) is 12.1. The molecule has 11 heteroatoms. The molecule has 1 fully saturated rings. The van der Waals surface area contributed by atoms with Crippen LogP contribution in [-0.2, 0) is 31.9 Å². The monoisotopic (exact) mass is 660 g/mol. The average Bonchev–Trinajstić information content (AvgIpc) is 3.80. The van der Waals surface area contributed by atoms with Gasteiger partial charge in [0.25, 0.3) is 0 Å². The van der Waals surface area contributed by atoms with Crippen LogP contribution in [0, 0.1) is 31.6 Å². The molecule has 4 atom stereocenters. The summed E-state index contributed by atoms with van der Waals surface area (Å²) in [4.78, 5) is 54.9. The Balaban J connectivity index is 0.00000451. The standard InChI is InChI=1S/C37H40N4O6.Mg/c1-8-20-17(4)24-13-25-18(5)22(11-12-30(43)47-10-3)34(40-25)32-33(37(45)46-7)36(44)31-19(6)26(41-35(31)32)14-28-21(9-2)23(16-42)29(39-28)15-27(20)38-24;/h13-16,18,22,33-34H,8-12H2,1-7H3,(H,42,44);/q-4;+2/b25-13-,29-15-;/t18-,22-,33+,34?;/m0./s1. The number of methoxy groups -OCH3 is 1. The molecule has 1 unspecified atom stereocenters. The van der Waals surface area contributed by atoms with Crippen molar-refractivity contribution in [1.29, 1.82) is 0 Å². The predicted octanol–water partition coefficient (Wildman–Crippen LogP) is 1.71. The normalized spacial score (nSPS) is 23.7. The number of aliphatic hydroxyl groups excluding tert-OH is 1. The first-order valence-corrected chi connectivity index (χ1v) is 16.3. The molecule has 8 bridgehead atoms. The number of ether oxygens (including phenoxy) is 2. The van der Waals surface area contributed by atoms with Crippen LogP contribution in [0.4, 0.5) is 0 Å². The van der Waals surface area contributed by atoms with E-state index in [4.69, 9.17) is 29.7 Å². The van der Waals surface area contributed by atoms with Gasteiger partial charge >= 0.3 is 35.0 Å². The van der Waals surface area contributed by atoms with E-state index in [1.807, 2.05) is 39.0 Å². The van der Waals surface area contributed by atoms with E-state index in [2.05, 4.69) is 13.8 Å².